The van der Waals surface area contributed by atoms with E-state index in [-0.39, 0.29) is 18.6 Å². The van der Waals surface area contributed by atoms with E-state index in [9.17, 15) is 18.0 Å². The molecule has 0 aliphatic carbocycles. The third kappa shape index (κ3) is 3.97. The summed E-state index contributed by atoms with van der Waals surface area (Å²) in [5.41, 5.74) is -1.14. The zero-order valence-electron chi connectivity index (χ0n) is 15.6. The third-order valence-corrected chi connectivity index (χ3v) is 6.84. The molecule has 2 aromatic rings. The van der Waals surface area contributed by atoms with Crippen LogP contribution in [0.15, 0.2) is 45.3 Å². The highest BCUT2D eigenvalue weighted by molar-refractivity contribution is 9.10. The van der Waals surface area contributed by atoms with Crippen molar-refractivity contribution in [2.45, 2.75) is 37.3 Å². The van der Waals surface area contributed by atoms with E-state index in [1.54, 1.807) is 42.6 Å². The smallest absolute Gasteiger partial charge is 0.425 e. The van der Waals surface area contributed by atoms with E-state index in [2.05, 4.69) is 31.2 Å². The van der Waals surface area contributed by atoms with Crippen molar-refractivity contribution < 1.29 is 27.4 Å². The number of thiazole rings is 1. The maximum Gasteiger partial charge on any atom is 0.425 e. The number of benzene rings is 1. The average Bonchev–Trinajstić information content (AvgIpc) is 3.14. The SMILES string of the molecule is C[C@H]1C[C@H]2[C@@H](C(F)(F)F)OC(NC(=O)c3ccccc3)=N[C@@]2(c2nc(Br)cs2)CO1. The van der Waals surface area contributed by atoms with E-state index < -0.39 is 41.8 Å². The van der Waals surface area contributed by atoms with Crippen molar-refractivity contribution >= 4 is 39.2 Å². The van der Waals surface area contributed by atoms with Crippen LogP contribution in [0.3, 0.4) is 0 Å². The lowest BCUT2D eigenvalue weighted by molar-refractivity contribution is -0.241. The van der Waals surface area contributed by atoms with Gasteiger partial charge in [-0.1, -0.05) is 18.2 Å². The number of carbonyl (C=O) groups is 1. The number of fused-ring (bicyclic) bond motifs is 1. The summed E-state index contributed by atoms with van der Waals surface area (Å²) in [7, 11) is 0. The monoisotopic (exact) mass is 503 g/mol. The molecule has 2 aliphatic rings. The van der Waals surface area contributed by atoms with Crippen LogP contribution in [-0.2, 0) is 15.0 Å². The van der Waals surface area contributed by atoms with Gasteiger partial charge in [-0.3, -0.25) is 10.1 Å². The topological polar surface area (TPSA) is 72.8 Å². The molecule has 0 unspecified atom stereocenters. The van der Waals surface area contributed by atoms with Gasteiger partial charge in [-0.15, -0.1) is 11.3 Å². The lowest BCUT2D eigenvalue weighted by Crippen LogP contribution is -2.60. The van der Waals surface area contributed by atoms with Crippen molar-refractivity contribution in [2.24, 2.45) is 10.9 Å². The number of hydrogen-bond donors (Lipinski definition) is 1. The Labute approximate surface area is 182 Å². The van der Waals surface area contributed by atoms with Gasteiger partial charge in [0.1, 0.15) is 15.1 Å². The van der Waals surface area contributed by atoms with Gasteiger partial charge < -0.3 is 9.47 Å². The Hall–Kier alpha value is -1.98. The Morgan fingerprint density at radius 3 is 2.70 bits per heavy atom. The minimum absolute atomic E-state index is 0.0881. The molecular weight excluding hydrogens is 487 g/mol. The van der Waals surface area contributed by atoms with E-state index in [4.69, 9.17) is 9.47 Å². The first kappa shape index (κ1) is 21.3. The number of carbonyl (C=O) groups excluding carboxylic acids is 1. The number of rotatable bonds is 2. The highest BCUT2D eigenvalue weighted by Crippen LogP contribution is 2.50. The fourth-order valence-corrected chi connectivity index (χ4v) is 5.18. The summed E-state index contributed by atoms with van der Waals surface area (Å²) in [6.45, 7) is 1.62. The van der Waals surface area contributed by atoms with Gasteiger partial charge in [-0.05, 0) is 41.4 Å². The van der Waals surface area contributed by atoms with Gasteiger partial charge in [-0.25, -0.2) is 9.98 Å². The number of ether oxygens (including phenoxy) is 2. The number of nitrogens with one attached hydrogen (secondary N) is 1. The van der Waals surface area contributed by atoms with E-state index in [0.717, 1.165) is 0 Å². The zero-order chi connectivity index (χ0) is 21.5. The van der Waals surface area contributed by atoms with Crippen LogP contribution < -0.4 is 5.32 Å². The molecule has 30 heavy (non-hydrogen) atoms. The summed E-state index contributed by atoms with van der Waals surface area (Å²) in [5.74, 6) is -1.66. The molecule has 0 bridgehead atoms. The predicted molar refractivity (Wildman–Crippen MR) is 107 cm³/mol. The van der Waals surface area contributed by atoms with Crippen LogP contribution in [0, 0.1) is 5.92 Å². The van der Waals surface area contributed by atoms with Crippen LogP contribution >= 0.6 is 27.3 Å². The van der Waals surface area contributed by atoms with Crippen LogP contribution in [0.1, 0.15) is 28.7 Å². The van der Waals surface area contributed by atoms with Crippen molar-refractivity contribution in [3.05, 3.63) is 50.9 Å². The van der Waals surface area contributed by atoms with Crippen molar-refractivity contribution in [3.8, 4) is 0 Å². The molecule has 1 aromatic carbocycles. The van der Waals surface area contributed by atoms with Crippen molar-refractivity contribution in [3.63, 3.8) is 0 Å². The minimum atomic E-state index is -4.67. The van der Waals surface area contributed by atoms with Gasteiger partial charge in [0.15, 0.2) is 0 Å². The van der Waals surface area contributed by atoms with Gasteiger partial charge in [0.2, 0.25) is 6.10 Å². The van der Waals surface area contributed by atoms with E-state index in [0.29, 0.717) is 9.61 Å². The van der Waals surface area contributed by atoms with E-state index in [1.165, 1.54) is 11.3 Å². The second-order valence-electron chi connectivity index (χ2n) is 7.18. The number of nitrogens with zero attached hydrogens (tertiary/aromatic N) is 2. The molecule has 1 aromatic heterocycles. The van der Waals surface area contributed by atoms with Crippen LogP contribution in [0.5, 0.6) is 0 Å². The van der Waals surface area contributed by atoms with Crippen LogP contribution in [-0.4, -0.2) is 41.9 Å². The Balaban J connectivity index is 1.77. The van der Waals surface area contributed by atoms with Crippen molar-refractivity contribution in [1.29, 1.82) is 0 Å². The van der Waals surface area contributed by atoms with Gasteiger partial charge in [-0.2, -0.15) is 13.2 Å². The van der Waals surface area contributed by atoms with E-state index in [1.807, 2.05) is 0 Å². The Morgan fingerprint density at radius 2 is 2.07 bits per heavy atom. The molecule has 0 spiro atoms. The molecule has 2 aliphatic heterocycles. The van der Waals surface area contributed by atoms with Crippen LogP contribution in [0.4, 0.5) is 13.2 Å². The van der Waals surface area contributed by atoms with Crippen molar-refractivity contribution in [2.75, 3.05) is 6.61 Å². The minimum Gasteiger partial charge on any atom is -0.452 e. The summed E-state index contributed by atoms with van der Waals surface area (Å²) in [4.78, 5) is 21.3. The molecule has 1 amide bonds. The molecule has 160 valence electrons. The molecule has 1 fully saturated rings. The predicted octanol–water partition coefficient (Wildman–Crippen LogP) is 4.27. The largest absolute Gasteiger partial charge is 0.452 e. The molecule has 3 heterocycles. The van der Waals surface area contributed by atoms with Crippen LogP contribution in [0.25, 0.3) is 0 Å². The van der Waals surface area contributed by atoms with Gasteiger partial charge in [0, 0.05) is 16.9 Å². The van der Waals surface area contributed by atoms with Gasteiger partial charge >= 0.3 is 6.18 Å². The lowest BCUT2D eigenvalue weighted by Gasteiger charge is -2.48. The van der Waals surface area contributed by atoms with Crippen LogP contribution in [0.2, 0.25) is 0 Å². The summed E-state index contributed by atoms with van der Waals surface area (Å²) in [6.07, 6.45) is -7.13. The second kappa shape index (κ2) is 7.93. The fraction of sp³-hybridized carbons (Fsp3) is 0.421. The standard InChI is InChI=1S/C19H17BrF3N3O3S/c1-10-7-12-14(19(21,22)23)29-17(25-15(27)11-5-3-2-4-6-11)26-18(12,9-28-10)16-24-13(20)8-30-16/h2-6,8,10,12,14H,7,9H2,1H3,(H,25,26,27)/t10-,12-,14-,18-/m0/s1. The number of hydrogen-bond acceptors (Lipinski definition) is 6. The number of amidine groups is 1. The fourth-order valence-electron chi connectivity index (χ4n) is 3.73. The Morgan fingerprint density at radius 1 is 1.33 bits per heavy atom. The summed E-state index contributed by atoms with van der Waals surface area (Å²) >= 11 is 4.43. The first-order chi connectivity index (χ1) is 14.2. The van der Waals surface area contributed by atoms with Gasteiger partial charge in [0.05, 0.1) is 12.7 Å². The number of aliphatic imine (C=N–C) groups is 1. The number of amides is 1. The summed E-state index contributed by atoms with van der Waals surface area (Å²) in [6, 6.07) is 7.62. The number of halogens is 4. The molecule has 4 rings (SSSR count). The molecule has 0 radical (unpaired) electrons. The maximum atomic E-state index is 14.0. The van der Waals surface area contributed by atoms with E-state index >= 15 is 0 Å². The zero-order valence-corrected chi connectivity index (χ0v) is 18.1. The highest BCUT2D eigenvalue weighted by Gasteiger charge is 2.61. The molecule has 6 nitrogen and oxygen atoms in total. The molecule has 4 atom stereocenters. The normalized spacial score (nSPS) is 28.8. The maximum absolute atomic E-state index is 14.0. The molecular formula is C19H17BrF3N3O3S. The quantitative estimate of drug-likeness (QED) is 0.663. The second-order valence-corrected chi connectivity index (χ2v) is 8.85. The summed E-state index contributed by atoms with van der Waals surface area (Å²) < 4.78 is 53.4. The third-order valence-electron chi connectivity index (χ3n) is 5.12. The number of alkyl halides is 3. The Kier molecular flexibility index (Phi) is 5.62. The number of aromatic nitrogens is 1. The highest BCUT2D eigenvalue weighted by atomic mass is 79.9. The van der Waals surface area contributed by atoms with Gasteiger partial charge in [0.25, 0.3) is 11.9 Å². The lowest BCUT2D eigenvalue weighted by atomic mass is 9.75. The van der Waals surface area contributed by atoms with Crippen molar-refractivity contribution in [1.82, 2.24) is 10.3 Å². The summed E-state index contributed by atoms with van der Waals surface area (Å²) in [5, 5.41) is 4.43. The average molecular weight is 504 g/mol. The Bertz CT molecular complexity index is 969. The molecule has 1 N–H and O–H groups in total. The molecule has 11 heteroatoms. The first-order valence-corrected chi connectivity index (χ1v) is 10.8. The first-order valence-electron chi connectivity index (χ1n) is 9.12. The molecule has 0 saturated carbocycles. The molecule has 1 saturated heterocycles.